The highest BCUT2D eigenvalue weighted by molar-refractivity contribution is 7.17. The number of fused-ring (bicyclic) bond motifs is 1. The van der Waals surface area contributed by atoms with E-state index in [4.69, 9.17) is 29.3 Å². The fourth-order valence-corrected chi connectivity index (χ4v) is 4.26. The topological polar surface area (TPSA) is 202 Å². The summed E-state index contributed by atoms with van der Waals surface area (Å²) >= 11 is 0. The van der Waals surface area contributed by atoms with Crippen LogP contribution in [0.15, 0.2) is 30.6 Å². The molecule has 1 fully saturated rings. The molecular weight excluding hydrogens is 559 g/mol. The molecule has 1 saturated heterocycles. The quantitative estimate of drug-likeness (QED) is 0.113. The molecule has 0 spiro atoms. The second-order valence-corrected chi connectivity index (χ2v) is 9.61. The highest BCUT2D eigenvalue weighted by atomic mass is 31.1. The zero-order valence-electron chi connectivity index (χ0n) is 22.5. The first-order valence-electron chi connectivity index (χ1n) is 12.4. The van der Waals surface area contributed by atoms with Gasteiger partial charge in [0, 0.05) is 0 Å². The zero-order valence-corrected chi connectivity index (χ0v) is 23.4. The summed E-state index contributed by atoms with van der Waals surface area (Å²) in [5, 5.41) is 22.4. The van der Waals surface area contributed by atoms with E-state index in [0.717, 1.165) is 0 Å². The number of nitrogens with two attached hydrogens (primary N) is 1. The van der Waals surface area contributed by atoms with E-state index in [1.54, 1.807) is 38.1 Å². The van der Waals surface area contributed by atoms with Crippen molar-refractivity contribution in [1.29, 1.82) is 0 Å². The second-order valence-electron chi connectivity index (χ2n) is 9.27. The smallest absolute Gasteiger partial charge is 0.395 e. The van der Waals surface area contributed by atoms with Gasteiger partial charge in [0.15, 0.2) is 28.7 Å². The Morgan fingerprint density at radius 3 is 2.76 bits per heavy atom. The van der Waals surface area contributed by atoms with E-state index in [0.29, 0.717) is 5.56 Å². The Morgan fingerprint density at radius 1 is 1.29 bits per heavy atom. The van der Waals surface area contributed by atoms with Crippen molar-refractivity contribution in [3.63, 3.8) is 0 Å². The van der Waals surface area contributed by atoms with Crippen molar-refractivity contribution in [2.24, 2.45) is 0 Å². The number of anilines is 1. The lowest BCUT2D eigenvalue weighted by atomic mass is 9.96. The predicted octanol–water partition coefficient (Wildman–Crippen LogP) is 0.905. The van der Waals surface area contributed by atoms with E-state index in [2.05, 4.69) is 32.3 Å². The number of aliphatic hydroxyl groups excluding tert-OH is 2. The van der Waals surface area contributed by atoms with E-state index < -0.39 is 51.3 Å². The molecule has 0 radical (unpaired) electrons. The Kier molecular flexibility index (Phi) is 9.34. The number of hydrogen-bond acceptors (Lipinski definition) is 14. The van der Waals surface area contributed by atoms with Crippen LogP contribution in [-0.4, -0.2) is 79.4 Å². The molecule has 16 heteroatoms. The van der Waals surface area contributed by atoms with Crippen molar-refractivity contribution >= 4 is 31.8 Å². The van der Waals surface area contributed by atoms with Crippen LogP contribution in [0.25, 0.3) is 11.2 Å². The van der Waals surface area contributed by atoms with E-state index in [-0.39, 0.29) is 34.8 Å². The number of nitrogens with zero attached hydrogens (tertiary/aromatic N) is 4. The molecule has 2 unspecified atom stereocenters. The Balaban J connectivity index is 1.70. The number of hydrogen-bond donors (Lipinski definition) is 4. The summed E-state index contributed by atoms with van der Waals surface area (Å²) < 4.78 is 34.1. The lowest BCUT2D eigenvalue weighted by Crippen LogP contribution is -2.48. The standard InChI is InChI=1S/C25H29N6O9P/c1-13(2)38-23(34)14(3)30-37-11-25(10-9-15-7-5-6-8-16(15)40-41-35)19(33)18(32)22(39-25)31-12-27-17-20(31)28-24(26)29-21(17)36-4/h5-8,12-14,18-19,22,30,32-33H,11H2,1-4H3,(H2,26,28,29)/t14-,18?,19?,22+,25+/m0/s1. The Hall–Kier alpha value is -3.90. The number of aromatic nitrogens is 4. The lowest BCUT2D eigenvalue weighted by Gasteiger charge is -2.27. The number of esters is 1. The van der Waals surface area contributed by atoms with Gasteiger partial charge in [-0.15, -0.1) is 0 Å². The maximum atomic E-state index is 12.2. The van der Waals surface area contributed by atoms with Crippen molar-refractivity contribution in [1.82, 2.24) is 25.0 Å². The van der Waals surface area contributed by atoms with Gasteiger partial charge in [0.25, 0.3) is 0 Å². The van der Waals surface area contributed by atoms with Crippen LogP contribution >= 0.6 is 8.69 Å². The van der Waals surface area contributed by atoms with Crippen LogP contribution in [0.1, 0.15) is 32.6 Å². The van der Waals surface area contributed by atoms with Gasteiger partial charge in [-0.25, -0.2) is 9.55 Å². The molecule has 0 amide bonds. The monoisotopic (exact) mass is 588 g/mol. The van der Waals surface area contributed by atoms with Gasteiger partial charge >= 0.3 is 14.7 Å². The average Bonchev–Trinajstić information content (AvgIpc) is 3.46. The number of aliphatic hydroxyl groups is 2. The molecule has 41 heavy (non-hydrogen) atoms. The fourth-order valence-electron chi connectivity index (χ4n) is 4.02. The number of benzene rings is 1. The molecule has 0 aliphatic carbocycles. The highest BCUT2D eigenvalue weighted by Gasteiger charge is 2.55. The SMILES string of the molecule is COc1nc(N)nc2c1ncn2[C@@H]1O[C@](C#Cc2ccccc2OP=O)(CON[C@@H](C)C(=O)OC(C)C)C(O)C1O. The van der Waals surface area contributed by atoms with Crippen molar-refractivity contribution in [2.75, 3.05) is 19.5 Å². The van der Waals surface area contributed by atoms with Crippen molar-refractivity contribution in [3.8, 4) is 23.5 Å². The van der Waals surface area contributed by atoms with E-state index in [9.17, 15) is 19.6 Å². The molecule has 1 aliphatic rings. The van der Waals surface area contributed by atoms with Gasteiger partial charge in [-0.1, -0.05) is 24.0 Å². The van der Waals surface area contributed by atoms with Crippen LogP contribution in [0.4, 0.5) is 5.95 Å². The van der Waals surface area contributed by atoms with Gasteiger partial charge in [0.2, 0.25) is 11.8 Å². The van der Waals surface area contributed by atoms with Gasteiger partial charge in [-0.3, -0.25) is 14.2 Å². The first kappa shape index (κ1) is 30.1. The number of ether oxygens (including phenoxy) is 3. The number of carbonyl (C=O) groups is 1. The lowest BCUT2D eigenvalue weighted by molar-refractivity contribution is -0.159. The summed E-state index contributed by atoms with van der Waals surface area (Å²) in [6.07, 6.45) is -3.46. The summed E-state index contributed by atoms with van der Waals surface area (Å²) in [5.41, 5.74) is 7.25. The third-order valence-electron chi connectivity index (χ3n) is 5.98. The van der Waals surface area contributed by atoms with Crippen LogP contribution < -0.4 is 20.5 Å². The Morgan fingerprint density at radius 2 is 2.05 bits per heavy atom. The number of methoxy groups -OCH3 is 1. The average molecular weight is 589 g/mol. The second kappa shape index (κ2) is 12.7. The van der Waals surface area contributed by atoms with E-state index in [1.165, 1.54) is 24.9 Å². The number of imidazole rings is 1. The minimum absolute atomic E-state index is 0.106. The highest BCUT2D eigenvalue weighted by Crippen LogP contribution is 2.39. The molecular formula is C25H29N6O9P. The predicted molar refractivity (Wildman–Crippen MR) is 142 cm³/mol. The minimum Gasteiger partial charge on any atom is -0.479 e. The molecule has 5 atom stereocenters. The molecule has 3 aromatic rings. The third kappa shape index (κ3) is 6.38. The van der Waals surface area contributed by atoms with Gasteiger partial charge in [-0.05, 0) is 32.9 Å². The molecule has 1 aliphatic heterocycles. The normalized spacial score (nSPS) is 22.9. The van der Waals surface area contributed by atoms with Crippen LogP contribution in [-0.2, 0) is 23.7 Å². The Bertz CT molecular complexity index is 1470. The minimum atomic E-state index is -1.86. The van der Waals surface area contributed by atoms with Crippen LogP contribution in [0, 0.1) is 11.8 Å². The first-order chi connectivity index (χ1) is 19.6. The number of carbonyl (C=O) groups excluding carboxylic acids is 1. The molecule has 0 bridgehead atoms. The molecule has 2 aromatic heterocycles. The molecule has 1 aromatic carbocycles. The number of hydroxylamine groups is 1. The summed E-state index contributed by atoms with van der Waals surface area (Å²) in [6.45, 7) is 4.49. The summed E-state index contributed by atoms with van der Waals surface area (Å²) in [4.78, 5) is 30.2. The number of rotatable bonds is 10. The zero-order chi connectivity index (χ0) is 29.7. The molecule has 0 saturated carbocycles. The first-order valence-corrected chi connectivity index (χ1v) is 13.1. The van der Waals surface area contributed by atoms with Crippen LogP contribution in [0.3, 0.4) is 0 Å². The largest absolute Gasteiger partial charge is 0.479 e. The molecule has 5 N–H and O–H groups in total. The fraction of sp³-hybridized carbons (Fsp3) is 0.440. The van der Waals surface area contributed by atoms with Crippen LogP contribution in [0.2, 0.25) is 0 Å². The van der Waals surface area contributed by atoms with E-state index in [1.807, 2.05) is 0 Å². The maximum Gasteiger partial charge on any atom is 0.395 e. The van der Waals surface area contributed by atoms with Crippen molar-refractivity contribution in [3.05, 3.63) is 36.2 Å². The van der Waals surface area contributed by atoms with Gasteiger partial charge in [0.05, 0.1) is 25.1 Å². The molecule has 15 nitrogen and oxygen atoms in total. The van der Waals surface area contributed by atoms with Crippen LogP contribution in [0.5, 0.6) is 11.6 Å². The van der Waals surface area contributed by atoms with E-state index >= 15 is 0 Å². The molecule has 4 rings (SSSR count). The number of para-hydroxylation sites is 1. The van der Waals surface area contributed by atoms with Gasteiger partial charge < -0.3 is 34.7 Å². The van der Waals surface area contributed by atoms with Crippen molar-refractivity contribution in [2.45, 2.75) is 57.0 Å². The summed E-state index contributed by atoms with van der Waals surface area (Å²) in [7, 11) is 0.802. The van der Waals surface area contributed by atoms with Crippen molar-refractivity contribution < 1.29 is 43.1 Å². The molecule has 3 heterocycles. The van der Waals surface area contributed by atoms with Gasteiger partial charge in [0.1, 0.15) is 24.9 Å². The summed E-state index contributed by atoms with van der Waals surface area (Å²) in [6, 6.07) is 5.63. The third-order valence-corrected chi connectivity index (χ3v) is 6.25. The molecule has 218 valence electrons. The number of nitrogens with one attached hydrogen (secondary N) is 1. The van der Waals surface area contributed by atoms with Gasteiger partial charge in [-0.2, -0.15) is 15.4 Å². The summed E-state index contributed by atoms with van der Waals surface area (Å²) in [5.74, 6) is 5.32. The number of nitrogen functional groups attached to an aromatic ring is 1. The maximum absolute atomic E-state index is 12.2. The Labute approximate surface area is 236 Å².